The van der Waals surface area contributed by atoms with Crippen LogP contribution in [0, 0.1) is 6.92 Å². The first-order valence-corrected chi connectivity index (χ1v) is 5.89. The summed E-state index contributed by atoms with van der Waals surface area (Å²) in [6.45, 7) is 3.96. The minimum atomic E-state index is -0.672. The van der Waals surface area contributed by atoms with Gasteiger partial charge in [-0.15, -0.1) is 0 Å². The van der Waals surface area contributed by atoms with Gasteiger partial charge in [0.2, 0.25) is 6.08 Å². The Balaban J connectivity index is 2.66. The van der Waals surface area contributed by atoms with Crippen LogP contribution in [0.15, 0.2) is 59.6 Å². The predicted octanol–water partition coefficient (Wildman–Crippen LogP) is 3.59. The van der Waals surface area contributed by atoms with E-state index >= 15 is 0 Å². The van der Waals surface area contributed by atoms with Gasteiger partial charge in [0.15, 0.2) is 0 Å². The number of benzene rings is 2. The Kier molecular flexibility index (Phi) is 3.40. The van der Waals surface area contributed by atoms with E-state index in [1.807, 2.05) is 68.4 Å². The Hall–Kier alpha value is -2.18. The van der Waals surface area contributed by atoms with Crippen LogP contribution in [-0.4, -0.2) is 6.08 Å². The van der Waals surface area contributed by atoms with E-state index in [0.29, 0.717) is 0 Å². The number of rotatable bonds is 3. The van der Waals surface area contributed by atoms with Gasteiger partial charge in [-0.25, -0.2) is 4.79 Å². The molecule has 1 unspecified atom stereocenters. The molecule has 18 heavy (non-hydrogen) atoms. The van der Waals surface area contributed by atoms with Crippen LogP contribution in [0.1, 0.15) is 23.6 Å². The van der Waals surface area contributed by atoms with Crippen LogP contribution in [0.4, 0.5) is 0 Å². The van der Waals surface area contributed by atoms with Gasteiger partial charge in [0.1, 0.15) is 5.54 Å². The lowest BCUT2D eigenvalue weighted by Crippen LogP contribution is -2.21. The second-order valence-electron chi connectivity index (χ2n) is 4.46. The molecule has 0 spiro atoms. The lowest BCUT2D eigenvalue weighted by molar-refractivity contribution is 0.540. The molecule has 0 aliphatic heterocycles. The number of aryl methyl sites for hydroxylation is 1. The minimum absolute atomic E-state index is 0.672. The zero-order valence-corrected chi connectivity index (χ0v) is 10.6. The molecule has 0 saturated heterocycles. The standard InChI is InChI=1S/C16H15NO/c1-13-8-6-7-11-15(13)16(2,17-12-18)14-9-4-3-5-10-14/h3-11H,1-2H3. The number of hydrogen-bond acceptors (Lipinski definition) is 2. The van der Waals surface area contributed by atoms with Gasteiger partial charge in [0, 0.05) is 0 Å². The zero-order valence-electron chi connectivity index (χ0n) is 10.6. The fourth-order valence-electron chi connectivity index (χ4n) is 2.25. The van der Waals surface area contributed by atoms with Gasteiger partial charge in [0.05, 0.1) is 0 Å². The zero-order chi connectivity index (χ0) is 13.0. The monoisotopic (exact) mass is 237 g/mol. The van der Waals surface area contributed by atoms with E-state index in [9.17, 15) is 4.79 Å². The van der Waals surface area contributed by atoms with E-state index < -0.39 is 5.54 Å². The first-order valence-electron chi connectivity index (χ1n) is 5.89. The topological polar surface area (TPSA) is 29.4 Å². The number of hydrogen-bond donors (Lipinski definition) is 0. The molecule has 2 rings (SSSR count). The van der Waals surface area contributed by atoms with Gasteiger partial charge in [-0.05, 0) is 30.5 Å². The van der Waals surface area contributed by atoms with Crippen molar-refractivity contribution >= 4 is 6.08 Å². The Morgan fingerprint density at radius 3 is 2.22 bits per heavy atom. The molecule has 0 aromatic heterocycles. The number of carbonyl (C=O) groups excluding carboxylic acids is 1. The highest BCUT2D eigenvalue weighted by Gasteiger charge is 2.29. The van der Waals surface area contributed by atoms with Crippen LogP contribution >= 0.6 is 0 Å². The maximum atomic E-state index is 10.8. The molecule has 0 saturated carbocycles. The second kappa shape index (κ2) is 4.99. The van der Waals surface area contributed by atoms with E-state index in [-0.39, 0.29) is 0 Å². The van der Waals surface area contributed by atoms with Crippen molar-refractivity contribution in [3.8, 4) is 0 Å². The molecular weight excluding hydrogens is 222 g/mol. The number of aliphatic imine (C=N–C) groups is 1. The number of nitrogens with zero attached hydrogens (tertiary/aromatic N) is 1. The van der Waals surface area contributed by atoms with Gasteiger partial charge in [-0.3, -0.25) is 0 Å². The second-order valence-corrected chi connectivity index (χ2v) is 4.46. The molecule has 0 fully saturated rings. The molecule has 0 heterocycles. The van der Waals surface area contributed by atoms with Gasteiger partial charge in [0.25, 0.3) is 0 Å². The summed E-state index contributed by atoms with van der Waals surface area (Å²) in [5.41, 5.74) is 2.46. The van der Waals surface area contributed by atoms with Crippen molar-refractivity contribution < 1.29 is 4.79 Å². The molecule has 2 heteroatoms. The summed E-state index contributed by atoms with van der Waals surface area (Å²) >= 11 is 0. The fourth-order valence-corrected chi connectivity index (χ4v) is 2.25. The molecule has 2 aromatic rings. The van der Waals surface area contributed by atoms with Crippen LogP contribution in [0.3, 0.4) is 0 Å². The van der Waals surface area contributed by atoms with Gasteiger partial charge in [-0.2, -0.15) is 4.99 Å². The van der Waals surface area contributed by atoms with Gasteiger partial charge in [-0.1, -0.05) is 54.6 Å². The lowest BCUT2D eigenvalue weighted by atomic mass is 9.83. The normalized spacial score (nSPS) is 13.4. The maximum Gasteiger partial charge on any atom is 0.236 e. The Bertz CT molecular complexity index is 585. The highest BCUT2D eigenvalue weighted by atomic mass is 16.1. The average Bonchev–Trinajstić information content (AvgIpc) is 2.40. The van der Waals surface area contributed by atoms with Crippen LogP contribution in [0.25, 0.3) is 0 Å². The summed E-state index contributed by atoms with van der Waals surface area (Å²) < 4.78 is 0. The highest BCUT2D eigenvalue weighted by molar-refractivity contribution is 5.47. The quantitative estimate of drug-likeness (QED) is 0.592. The van der Waals surface area contributed by atoms with E-state index in [0.717, 1.165) is 16.7 Å². The SMILES string of the molecule is Cc1ccccc1C(C)(N=C=O)c1ccccc1. The molecule has 2 aromatic carbocycles. The highest BCUT2D eigenvalue weighted by Crippen LogP contribution is 2.34. The molecular formula is C16H15NO. The lowest BCUT2D eigenvalue weighted by Gasteiger charge is -2.26. The van der Waals surface area contributed by atoms with Crippen LogP contribution in [0.5, 0.6) is 0 Å². The van der Waals surface area contributed by atoms with E-state index in [1.165, 1.54) is 0 Å². The van der Waals surface area contributed by atoms with E-state index in [2.05, 4.69) is 4.99 Å². The molecule has 90 valence electrons. The third-order valence-corrected chi connectivity index (χ3v) is 3.27. The van der Waals surface area contributed by atoms with Crippen molar-refractivity contribution in [1.82, 2.24) is 0 Å². The van der Waals surface area contributed by atoms with Crippen molar-refractivity contribution in [3.63, 3.8) is 0 Å². The summed E-state index contributed by atoms with van der Waals surface area (Å²) in [4.78, 5) is 14.8. The third kappa shape index (κ3) is 2.11. The Morgan fingerprint density at radius 1 is 1.00 bits per heavy atom. The molecule has 0 radical (unpaired) electrons. The van der Waals surface area contributed by atoms with Crippen LogP contribution in [0.2, 0.25) is 0 Å². The first kappa shape index (κ1) is 12.3. The largest absolute Gasteiger partial charge is 0.236 e. The van der Waals surface area contributed by atoms with Crippen molar-refractivity contribution in [3.05, 3.63) is 71.3 Å². The minimum Gasteiger partial charge on any atom is -0.211 e. The van der Waals surface area contributed by atoms with Gasteiger partial charge < -0.3 is 0 Å². The average molecular weight is 237 g/mol. The summed E-state index contributed by atoms with van der Waals surface area (Å²) in [5, 5.41) is 0. The van der Waals surface area contributed by atoms with Crippen LogP contribution < -0.4 is 0 Å². The van der Waals surface area contributed by atoms with Crippen molar-refractivity contribution in [2.24, 2.45) is 4.99 Å². The molecule has 0 amide bonds. The summed E-state index contributed by atoms with van der Waals surface area (Å²) in [6.07, 6.45) is 1.71. The van der Waals surface area contributed by atoms with E-state index in [4.69, 9.17) is 0 Å². The number of isocyanates is 1. The summed E-state index contributed by atoms with van der Waals surface area (Å²) in [7, 11) is 0. The Morgan fingerprint density at radius 2 is 1.61 bits per heavy atom. The first-order chi connectivity index (χ1) is 8.68. The molecule has 0 bridgehead atoms. The van der Waals surface area contributed by atoms with Crippen LogP contribution in [-0.2, 0) is 10.3 Å². The Labute approximate surface area is 107 Å². The molecule has 1 atom stereocenters. The van der Waals surface area contributed by atoms with Crippen molar-refractivity contribution in [1.29, 1.82) is 0 Å². The van der Waals surface area contributed by atoms with Crippen molar-refractivity contribution in [2.75, 3.05) is 0 Å². The van der Waals surface area contributed by atoms with Crippen molar-refractivity contribution in [2.45, 2.75) is 19.4 Å². The molecule has 0 aliphatic carbocycles. The van der Waals surface area contributed by atoms with Gasteiger partial charge >= 0.3 is 0 Å². The molecule has 0 aliphatic rings. The third-order valence-electron chi connectivity index (χ3n) is 3.27. The predicted molar refractivity (Wildman–Crippen MR) is 72.2 cm³/mol. The van der Waals surface area contributed by atoms with E-state index in [1.54, 1.807) is 6.08 Å². The summed E-state index contributed by atoms with van der Waals surface area (Å²) in [5.74, 6) is 0. The molecule has 2 nitrogen and oxygen atoms in total. The smallest absolute Gasteiger partial charge is 0.211 e. The molecule has 0 N–H and O–H groups in total. The summed E-state index contributed by atoms with van der Waals surface area (Å²) in [6, 6.07) is 17.8. The fraction of sp³-hybridized carbons (Fsp3) is 0.188. The maximum absolute atomic E-state index is 10.8.